The molecule has 0 aromatic heterocycles. The molecule has 0 atom stereocenters. The van der Waals surface area contributed by atoms with Crippen molar-refractivity contribution in [3.05, 3.63) is 35.9 Å². The minimum absolute atomic E-state index is 0.140. The molecular weight excluding hydrogens is 286 g/mol. The Morgan fingerprint density at radius 3 is 2.29 bits per heavy atom. The largest absolute Gasteiger partial charge is 0.493 e. The Bertz CT molecular complexity index is 713. The molecule has 2 aromatic carbocycles. The lowest BCUT2D eigenvalue weighted by Crippen LogP contribution is -2.25. The molecule has 21 heavy (non-hydrogen) atoms. The van der Waals surface area contributed by atoms with E-state index in [1.807, 2.05) is 37.3 Å². The third-order valence-electron chi connectivity index (χ3n) is 3.09. The van der Waals surface area contributed by atoms with Gasteiger partial charge < -0.3 is 15.2 Å². The monoisotopic (exact) mass is 303 g/mol. The summed E-state index contributed by atoms with van der Waals surface area (Å²) in [6.07, 6.45) is 0. The normalized spacial score (nSPS) is 11.3. The lowest BCUT2D eigenvalue weighted by Gasteiger charge is -2.10. The maximum absolute atomic E-state index is 5.36. The maximum Gasteiger partial charge on any atom is 0.184 e. The van der Waals surface area contributed by atoms with Gasteiger partial charge in [0.25, 0.3) is 0 Å². The second kappa shape index (κ2) is 6.41. The molecule has 0 amide bonds. The summed E-state index contributed by atoms with van der Waals surface area (Å²) in [4.78, 5) is 0. The predicted octanol–water partition coefficient (Wildman–Crippen LogP) is 2.41. The smallest absolute Gasteiger partial charge is 0.184 e. The molecule has 5 nitrogen and oxygen atoms in total. The zero-order valence-electron chi connectivity index (χ0n) is 12.1. The van der Waals surface area contributed by atoms with Crippen LogP contribution in [0, 0.1) is 0 Å². The van der Waals surface area contributed by atoms with Gasteiger partial charge in [-0.05, 0) is 53.7 Å². The number of nitrogens with zero attached hydrogens (tertiary/aromatic N) is 1. The van der Waals surface area contributed by atoms with Crippen molar-refractivity contribution >= 4 is 33.8 Å². The van der Waals surface area contributed by atoms with Gasteiger partial charge in [0.2, 0.25) is 0 Å². The summed E-state index contributed by atoms with van der Waals surface area (Å²) in [6.45, 7) is 1.88. The first-order valence-corrected chi connectivity index (χ1v) is 6.72. The van der Waals surface area contributed by atoms with E-state index in [0.717, 1.165) is 22.0 Å². The van der Waals surface area contributed by atoms with E-state index in [9.17, 15) is 0 Å². The zero-order valence-corrected chi connectivity index (χ0v) is 13.0. The number of nitrogens with two attached hydrogens (primary N) is 1. The average Bonchev–Trinajstić information content (AvgIpc) is 2.50. The molecule has 0 spiro atoms. The third kappa shape index (κ3) is 3.41. The molecule has 0 aliphatic carbocycles. The average molecular weight is 303 g/mol. The summed E-state index contributed by atoms with van der Waals surface area (Å²) in [5, 5.41) is 6.36. The molecule has 0 unspecified atom stereocenters. The molecule has 110 valence electrons. The van der Waals surface area contributed by atoms with Gasteiger partial charge in [-0.3, -0.25) is 5.43 Å². The second-order valence-corrected chi connectivity index (χ2v) is 4.88. The highest BCUT2D eigenvalue weighted by Gasteiger charge is 2.07. The first kappa shape index (κ1) is 15.1. The molecule has 0 fully saturated rings. The van der Waals surface area contributed by atoms with Crippen molar-refractivity contribution in [2.45, 2.75) is 6.92 Å². The molecular formula is C15H17N3O2S. The van der Waals surface area contributed by atoms with Gasteiger partial charge in [0.05, 0.1) is 19.9 Å². The van der Waals surface area contributed by atoms with E-state index in [1.54, 1.807) is 14.2 Å². The number of hydrogen-bond donors (Lipinski definition) is 2. The van der Waals surface area contributed by atoms with Gasteiger partial charge in [-0.15, -0.1) is 0 Å². The van der Waals surface area contributed by atoms with Crippen LogP contribution >= 0.6 is 12.2 Å². The molecule has 0 heterocycles. The maximum atomic E-state index is 5.36. The van der Waals surface area contributed by atoms with E-state index in [2.05, 4.69) is 10.5 Å². The summed E-state index contributed by atoms with van der Waals surface area (Å²) < 4.78 is 10.6. The minimum Gasteiger partial charge on any atom is -0.493 e. The van der Waals surface area contributed by atoms with E-state index in [4.69, 9.17) is 27.4 Å². The fourth-order valence-corrected chi connectivity index (χ4v) is 2.05. The molecule has 0 saturated heterocycles. The van der Waals surface area contributed by atoms with Crippen LogP contribution in [0.1, 0.15) is 12.5 Å². The van der Waals surface area contributed by atoms with Gasteiger partial charge in [-0.1, -0.05) is 12.1 Å². The van der Waals surface area contributed by atoms with Crippen LogP contribution in [0.2, 0.25) is 0 Å². The number of hydrazone groups is 1. The van der Waals surface area contributed by atoms with Crippen LogP contribution in [0.5, 0.6) is 11.5 Å². The van der Waals surface area contributed by atoms with E-state index in [1.165, 1.54) is 0 Å². The number of nitrogens with one attached hydrogen (secondary N) is 1. The molecule has 0 saturated carbocycles. The predicted molar refractivity (Wildman–Crippen MR) is 89.2 cm³/mol. The third-order valence-corrected chi connectivity index (χ3v) is 3.19. The molecule has 0 bridgehead atoms. The van der Waals surface area contributed by atoms with Crippen molar-refractivity contribution in [3.8, 4) is 11.5 Å². The van der Waals surface area contributed by atoms with Gasteiger partial charge in [0.1, 0.15) is 0 Å². The number of methoxy groups -OCH3 is 2. The second-order valence-electron chi connectivity index (χ2n) is 4.44. The summed E-state index contributed by atoms with van der Waals surface area (Å²) >= 11 is 4.73. The highest BCUT2D eigenvalue weighted by atomic mass is 32.1. The Kier molecular flexibility index (Phi) is 4.59. The highest BCUT2D eigenvalue weighted by molar-refractivity contribution is 7.80. The number of fused-ring (bicyclic) bond motifs is 1. The van der Waals surface area contributed by atoms with Crippen molar-refractivity contribution in [1.82, 2.24) is 5.43 Å². The van der Waals surface area contributed by atoms with Gasteiger partial charge in [-0.2, -0.15) is 5.10 Å². The number of hydrogen-bond acceptors (Lipinski definition) is 4. The van der Waals surface area contributed by atoms with Crippen LogP contribution < -0.4 is 20.6 Å². The van der Waals surface area contributed by atoms with Crippen molar-refractivity contribution in [3.63, 3.8) is 0 Å². The standard InChI is InChI=1S/C15H17N3O2S/c1-9(17-18-15(16)21)10-4-5-11-7-13(19-2)14(20-3)8-12(11)6-10/h4-8H,1-3H3,(H3,16,18,21). The fraction of sp³-hybridized carbons (Fsp3) is 0.200. The first-order valence-electron chi connectivity index (χ1n) is 6.31. The topological polar surface area (TPSA) is 68.9 Å². The Balaban J connectivity index is 2.46. The Morgan fingerprint density at radius 2 is 1.71 bits per heavy atom. The quantitative estimate of drug-likeness (QED) is 0.516. The molecule has 0 aliphatic rings. The van der Waals surface area contributed by atoms with Crippen LogP contribution in [-0.2, 0) is 0 Å². The molecule has 2 aromatic rings. The van der Waals surface area contributed by atoms with Crippen LogP contribution in [0.3, 0.4) is 0 Å². The van der Waals surface area contributed by atoms with Crippen LogP contribution in [0.4, 0.5) is 0 Å². The Hall–Kier alpha value is -2.34. The van der Waals surface area contributed by atoms with Crippen molar-refractivity contribution in [2.75, 3.05) is 14.2 Å². The van der Waals surface area contributed by atoms with E-state index in [-0.39, 0.29) is 5.11 Å². The van der Waals surface area contributed by atoms with Crippen LogP contribution in [0.15, 0.2) is 35.4 Å². The highest BCUT2D eigenvalue weighted by Crippen LogP contribution is 2.32. The fourth-order valence-electron chi connectivity index (χ4n) is 2.00. The number of ether oxygens (including phenoxy) is 2. The summed E-state index contributed by atoms with van der Waals surface area (Å²) in [5.74, 6) is 1.40. The van der Waals surface area contributed by atoms with Gasteiger partial charge >= 0.3 is 0 Å². The number of rotatable bonds is 4. The summed E-state index contributed by atoms with van der Waals surface area (Å²) in [5.41, 5.74) is 9.71. The molecule has 0 aliphatic heterocycles. The van der Waals surface area contributed by atoms with Crippen LogP contribution in [0.25, 0.3) is 10.8 Å². The van der Waals surface area contributed by atoms with Gasteiger partial charge in [0.15, 0.2) is 16.6 Å². The first-order chi connectivity index (χ1) is 10.0. The van der Waals surface area contributed by atoms with Gasteiger partial charge in [0, 0.05) is 0 Å². The lowest BCUT2D eigenvalue weighted by atomic mass is 10.0. The van der Waals surface area contributed by atoms with E-state index in [0.29, 0.717) is 11.5 Å². The molecule has 3 N–H and O–H groups in total. The van der Waals surface area contributed by atoms with Gasteiger partial charge in [-0.25, -0.2) is 0 Å². The minimum atomic E-state index is 0.140. The molecule has 2 rings (SSSR count). The molecule has 0 radical (unpaired) electrons. The van der Waals surface area contributed by atoms with Crippen molar-refractivity contribution in [1.29, 1.82) is 0 Å². The Labute approximate surface area is 128 Å². The lowest BCUT2D eigenvalue weighted by molar-refractivity contribution is 0.356. The van der Waals surface area contributed by atoms with E-state index < -0.39 is 0 Å². The number of thiocarbonyl (C=S) groups is 1. The zero-order chi connectivity index (χ0) is 15.4. The Morgan fingerprint density at radius 1 is 1.10 bits per heavy atom. The van der Waals surface area contributed by atoms with E-state index >= 15 is 0 Å². The SMILES string of the molecule is COc1cc2ccc(C(C)=NNC(N)=S)cc2cc1OC. The summed E-state index contributed by atoms with van der Waals surface area (Å²) in [7, 11) is 3.24. The molecule has 6 heteroatoms. The van der Waals surface area contributed by atoms with Crippen molar-refractivity contribution in [2.24, 2.45) is 10.8 Å². The summed E-state index contributed by atoms with van der Waals surface area (Å²) in [6, 6.07) is 9.89. The number of benzene rings is 2. The van der Waals surface area contributed by atoms with Crippen molar-refractivity contribution < 1.29 is 9.47 Å². The van der Waals surface area contributed by atoms with Crippen LogP contribution in [-0.4, -0.2) is 25.0 Å².